The average molecular weight is 266 g/mol. The fourth-order valence-electron chi connectivity index (χ4n) is 1.77. The summed E-state index contributed by atoms with van der Waals surface area (Å²) in [4.78, 5) is 14.7. The quantitative estimate of drug-likeness (QED) is 0.639. The van der Waals surface area contributed by atoms with E-state index in [1.165, 1.54) is 4.68 Å². The lowest BCUT2D eigenvalue weighted by Crippen LogP contribution is -2.06. The zero-order valence-electron chi connectivity index (χ0n) is 10.9. The van der Waals surface area contributed by atoms with Gasteiger partial charge in [-0.3, -0.25) is 10.1 Å². The van der Waals surface area contributed by atoms with Crippen molar-refractivity contribution < 1.29 is 9.45 Å². The predicted octanol–water partition coefficient (Wildman–Crippen LogP) is 1.19. The number of nitrogens with zero attached hydrogens (tertiary/aromatic N) is 5. The molecule has 0 unspecified atom stereocenters. The number of aromatic nitrogens is 4. The number of hydrogen-bond donors (Lipinski definition) is 1. The van der Waals surface area contributed by atoms with E-state index >= 15 is 0 Å². The number of aryl methyl sites for hydroxylation is 3. The van der Waals surface area contributed by atoms with Gasteiger partial charge in [-0.1, -0.05) is 12.1 Å². The molecule has 0 aliphatic carbocycles. The molecule has 2 heterocycles. The third kappa shape index (κ3) is 2.54. The summed E-state index contributed by atoms with van der Waals surface area (Å²) in [6.45, 7) is 3.74. The maximum Gasteiger partial charge on any atom is 0.333 e. The Hall–Kier alpha value is -2.45. The Bertz CT molecular complexity index is 602. The van der Waals surface area contributed by atoms with Crippen LogP contribution >= 0.6 is 0 Å². The van der Waals surface area contributed by atoms with Crippen molar-refractivity contribution in [1.82, 2.24) is 19.9 Å². The first-order valence-electron chi connectivity index (χ1n) is 5.76. The number of nitro groups is 1. The molecule has 102 valence electrons. The molecular formula is C10H14N6O3. The first kappa shape index (κ1) is 13.0. The molecule has 0 aromatic carbocycles. The molecule has 0 spiro atoms. The monoisotopic (exact) mass is 266 g/mol. The zero-order valence-corrected chi connectivity index (χ0v) is 10.9. The minimum Gasteiger partial charge on any atom is -0.355 e. The highest BCUT2D eigenvalue weighted by Gasteiger charge is 2.25. The fraction of sp³-hybridized carbons (Fsp3) is 0.500. The zero-order chi connectivity index (χ0) is 14.0. The van der Waals surface area contributed by atoms with E-state index < -0.39 is 4.92 Å². The third-order valence-electron chi connectivity index (χ3n) is 2.59. The Balaban J connectivity index is 2.24. The molecule has 0 radical (unpaired) electrons. The Kier molecular flexibility index (Phi) is 3.45. The molecule has 0 aliphatic rings. The molecule has 0 bridgehead atoms. The van der Waals surface area contributed by atoms with Gasteiger partial charge in [0.25, 0.3) is 0 Å². The lowest BCUT2D eigenvalue weighted by molar-refractivity contribution is -0.384. The summed E-state index contributed by atoms with van der Waals surface area (Å²) in [5.74, 6) is 1.22. The molecule has 9 nitrogen and oxygen atoms in total. The minimum atomic E-state index is -0.437. The molecule has 0 fully saturated rings. The van der Waals surface area contributed by atoms with Gasteiger partial charge in [0.1, 0.15) is 5.69 Å². The van der Waals surface area contributed by atoms with Crippen LogP contribution in [0.15, 0.2) is 4.52 Å². The molecule has 2 aromatic heterocycles. The predicted molar refractivity (Wildman–Crippen MR) is 65.6 cm³/mol. The smallest absolute Gasteiger partial charge is 0.333 e. The standard InChI is InChI=1S/C10H14N6O3/c1-4-7-9(16(17)18)10(15(3)13-7)11-5-8-12-6(2)14-19-8/h11H,4-5H2,1-3H3. The maximum absolute atomic E-state index is 11.1. The van der Waals surface area contributed by atoms with Crippen molar-refractivity contribution in [2.24, 2.45) is 7.05 Å². The fourth-order valence-corrected chi connectivity index (χ4v) is 1.77. The van der Waals surface area contributed by atoms with Gasteiger partial charge >= 0.3 is 5.69 Å². The Labute approximate surface area is 108 Å². The van der Waals surface area contributed by atoms with Crippen molar-refractivity contribution in [3.63, 3.8) is 0 Å². The van der Waals surface area contributed by atoms with E-state index in [9.17, 15) is 10.1 Å². The SMILES string of the molecule is CCc1nn(C)c(NCc2nc(C)no2)c1[N+](=O)[O-]. The molecule has 9 heteroatoms. The lowest BCUT2D eigenvalue weighted by atomic mass is 10.3. The van der Waals surface area contributed by atoms with Crippen molar-refractivity contribution >= 4 is 11.5 Å². The number of hydrogen-bond acceptors (Lipinski definition) is 7. The summed E-state index contributed by atoms with van der Waals surface area (Å²) < 4.78 is 6.38. The second-order valence-electron chi connectivity index (χ2n) is 3.97. The van der Waals surface area contributed by atoms with Crippen molar-refractivity contribution in [2.45, 2.75) is 26.8 Å². The van der Waals surface area contributed by atoms with Crippen LogP contribution in [-0.4, -0.2) is 24.8 Å². The first-order chi connectivity index (χ1) is 9.02. The van der Waals surface area contributed by atoms with E-state index in [4.69, 9.17) is 4.52 Å². The summed E-state index contributed by atoms with van der Waals surface area (Å²) in [7, 11) is 1.65. The van der Waals surface area contributed by atoms with Gasteiger partial charge in [0.05, 0.1) is 11.5 Å². The van der Waals surface area contributed by atoms with Crippen LogP contribution in [0, 0.1) is 17.0 Å². The van der Waals surface area contributed by atoms with Crippen molar-refractivity contribution in [3.8, 4) is 0 Å². The number of anilines is 1. The molecule has 2 rings (SSSR count). The topological polar surface area (TPSA) is 112 Å². The van der Waals surface area contributed by atoms with Crippen LogP contribution in [0.4, 0.5) is 11.5 Å². The molecule has 0 amide bonds. The van der Waals surface area contributed by atoms with Gasteiger partial charge in [0, 0.05) is 7.05 Å². The van der Waals surface area contributed by atoms with Gasteiger partial charge < -0.3 is 9.84 Å². The molecular weight excluding hydrogens is 252 g/mol. The summed E-state index contributed by atoms with van der Waals surface area (Å²) >= 11 is 0. The Morgan fingerprint density at radius 3 is 2.79 bits per heavy atom. The summed E-state index contributed by atoms with van der Waals surface area (Å²) in [6, 6.07) is 0. The van der Waals surface area contributed by atoms with Crippen LogP contribution in [0.25, 0.3) is 0 Å². The molecule has 0 aliphatic heterocycles. The van der Waals surface area contributed by atoms with Gasteiger partial charge in [-0.15, -0.1) is 0 Å². The third-order valence-corrected chi connectivity index (χ3v) is 2.59. The van der Waals surface area contributed by atoms with Crippen molar-refractivity contribution in [2.75, 3.05) is 5.32 Å². The van der Waals surface area contributed by atoms with Crippen molar-refractivity contribution in [3.05, 3.63) is 27.5 Å². The van der Waals surface area contributed by atoms with Gasteiger partial charge in [-0.25, -0.2) is 4.68 Å². The highest BCUT2D eigenvalue weighted by Crippen LogP contribution is 2.28. The molecule has 1 N–H and O–H groups in total. The summed E-state index contributed by atoms with van der Waals surface area (Å²) in [6.07, 6.45) is 0.492. The van der Waals surface area contributed by atoms with Gasteiger partial charge in [-0.2, -0.15) is 10.1 Å². The lowest BCUT2D eigenvalue weighted by Gasteiger charge is -2.02. The second-order valence-corrected chi connectivity index (χ2v) is 3.97. The van der Waals surface area contributed by atoms with E-state index in [-0.39, 0.29) is 12.2 Å². The minimum absolute atomic E-state index is 0.0127. The van der Waals surface area contributed by atoms with Crippen LogP contribution in [0.3, 0.4) is 0 Å². The van der Waals surface area contributed by atoms with E-state index in [0.717, 1.165) is 0 Å². The maximum atomic E-state index is 11.1. The van der Waals surface area contributed by atoms with Crippen LogP contribution < -0.4 is 5.32 Å². The average Bonchev–Trinajstić information content (AvgIpc) is 2.90. The normalized spacial score (nSPS) is 10.7. The molecule has 0 saturated carbocycles. The highest BCUT2D eigenvalue weighted by molar-refractivity contribution is 5.59. The summed E-state index contributed by atoms with van der Waals surface area (Å²) in [5, 5.41) is 21.8. The molecule has 19 heavy (non-hydrogen) atoms. The largest absolute Gasteiger partial charge is 0.355 e. The van der Waals surface area contributed by atoms with Crippen LogP contribution in [0.1, 0.15) is 24.3 Å². The van der Waals surface area contributed by atoms with E-state index in [1.54, 1.807) is 14.0 Å². The van der Waals surface area contributed by atoms with Crippen molar-refractivity contribution in [1.29, 1.82) is 0 Å². The second kappa shape index (κ2) is 5.04. The van der Waals surface area contributed by atoms with Crippen LogP contribution in [0.2, 0.25) is 0 Å². The molecule has 0 saturated heterocycles. The van der Waals surface area contributed by atoms with Crippen LogP contribution in [-0.2, 0) is 20.0 Å². The number of rotatable bonds is 5. The first-order valence-corrected chi connectivity index (χ1v) is 5.76. The molecule has 2 aromatic rings. The van der Waals surface area contributed by atoms with Crippen LogP contribution in [0.5, 0.6) is 0 Å². The van der Waals surface area contributed by atoms with E-state index in [1.807, 2.05) is 6.92 Å². The van der Waals surface area contributed by atoms with Gasteiger partial charge in [-0.05, 0) is 13.3 Å². The van der Waals surface area contributed by atoms with Gasteiger partial charge in [0.15, 0.2) is 5.82 Å². The van der Waals surface area contributed by atoms with E-state index in [2.05, 4.69) is 20.6 Å². The summed E-state index contributed by atoms with van der Waals surface area (Å²) in [5.41, 5.74) is 0.429. The van der Waals surface area contributed by atoms with Gasteiger partial charge in [0.2, 0.25) is 11.7 Å². The van der Waals surface area contributed by atoms with E-state index in [0.29, 0.717) is 29.6 Å². The Morgan fingerprint density at radius 2 is 2.26 bits per heavy atom. The Morgan fingerprint density at radius 1 is 1.53 bits per heavy atom. The number of nitrogens with one attached hydrogen (secondary N) is 1. The highest BCUT2D eigenvalue weighted by atomic mass is 16.6. The molecule has 0 atom stereocenters.